The number of carbonyl (C=O) groups excluding carboxylic acids is 1. The van der Waals surface area contributed by atoms with E-state index in [4.69, 9.17) is 11.6 Å². The maximum absolute atomic E-state index is 13.3. The van der Waals surface area contributed by atoms with Crippen molar-refractivity contribution >= 4 is 23.0 Å². The van der Waals surface area contributed by atoms with Gasteiger partial charge in [0.05, 0.1) is 6.20 Å². The predicted molar refractivity (Wildman–Crippen MR) is 99.1 cm³/mol. The first-order valence-electron chi connectivity index (χ1n) is 8.90. The summed E-state index contributed by atoms with van der Waals surface area (Å²) in [7, 11) is 0. The number of carbonyl (C=O) groups is 1. The Morgan fingerprint density at radius 2 is 1.96 bits per heavy atom. The molecule has 0 radical (unpaired) electrons. The van der Waals surface area contributed by atoms with Gasteiger partial charge in [-0.2, -0.15) is 4.40 Å². The molecule has 1 aliphatic carbocycles. The van der Waals surface area contributed by atoms with Crippen molar-refractivity contribution < 1.29 is 18.0 Å². The van der Waals surface area contributed by atoms with Crippen LogP contribution in [0.15, 0.2) is 48.7 Å². The zero-order chi connectivity index (χ0) is 19.0. The molecular formula is C20H19ClF2N3O+. The van der Waals surface area contributed by atoms with Crippen LogP contribution in [0.2, 0.25) is 5.02 Å². The maximum atomic E-state index is 13.3. The van der Waals surface area contributed by atoms with Gasteiger partial charge in [0, 0.05) is 29.5 Å². The first kappa shape index (κ1) is 17.9. The molecule has 0 spiro atoms. The summed E-state index contributed by atoms with van der Waals surface area (Å²) < 4.78 is 28.4. The Kier molecular flexibility index (Phi) is 4.60. The number of amides is 1. The van der Waals surface area contributed by atoms with Gasteiger partial charge in [0.25, 0.3) is 0 Å². The highest BCUT2D eigenvalue weighted by Gasteiger charge is 2.36. The number of hydrogen-bond acceptors (Lipinski definition) is 1. The van der Waals surface area contributed by atoms with E-state index in [-0.39, 0.29) is 37.6 Å². The average Bonchev–Trinajstić information content (AvgIpc) is 3.03. The molecule has 2 N–H and O–H groups in total. The van der Waals surface area contributed by atoms with Crippen LogP contribution in [0.5, 0.6) is 0 Å². The maximum Gasteiger partial charge on any atom is 0.351 e. The van der Waals surface area contributed by atoms with Gasteiger partial charge < -0.3 is 5.32 Å². The zero-order valence-corrected chi connectivity index (χ0v) is 15.3. The summed E-state index contributed by atoms with van der Waals surface area (Å²) in [5.74, 6) is -2.56. The van der Waals surface area contributed by atoms with Crippen molar-refractivity contribution in [3.8, 4) is 11.3 Å². The number of fused-ring (bicyclic) bond motifs is 1. The minimum atomic E-state index is -2.62. The molecule has 0 unspecified atom stereocenters. The van der Waals surface area contributed by atoms with Gasteiger partial charge in [0.15, 0.2) is 11.2 Å². The van der Waals surface area contributed by atoms with Crippen LogP contribution < -0.4 is 9.72 Å². The molecule has 3 aromatic rings. The number of aromatic amines is 1. The van der Waals surface area contributed by atoms with Gasteiger partial charge >= 0.3 is 11.7 Å². The average molecular weight is 391 g/mol. The lowest BCUT2D eigenvalue weighted by Gasteiger charge is -2.28. The standard InChI is InChI=1S/C20H18ClF2N3O/c21-14-5-3-4-13(12-14)17-16-6-1-2-11-26(16)18(25-17)19(27)24-15-7-9-20(22,23)10-8-15/h1-6,11-12,15H,7-10H2,(H,24,27)/p+1. The summed E-state index contributed by atoms with van der Waals surface area (Å²) in [5.41, 5.74) is 2.47. The lowest BCUT2D eigenvalue weighted by molar-refractivity contribution is -0.513. The molecule has 27 heavy (non-hydrogen) atoms. The normalized spacial score (nSPS) is 17.1. The monoisotopic (exact) mass is 390 g/mol. The number of halogens is 3. The van der Waals surface area contributed by atoms with Crippen molar-refractivity contribution in [3.05, 3.63) is 59.5 Å². The molecule has 0 saturated heterocycles. The van der Waals surface area contributed by atoms with E-state index < -0.39 is 5.92 Å². The van der Waals surface area contributed by atoms with Crippen LogP contribution in [0.4, 0.5) is 8.78 Å². The Labute approximate surface area is 160 Å². The van der Waals surface area contributed by atoms with E-state index in [0.29, 0.717) is 10.8 Å². The number of benzene rings is 1. The van der Waals surface area contributed by atoms with Crippen LogP contribution in [0.25, 0.3) is 16.8 Å². The van der Waals surface area contributed by atoms with Gasteiger partial charge in [-0.05, 0) is 37.1 Å². The third-order valence-corrected chi connectivity index (χ3v) is 5.22. The van der Waals surface area contributed by atoms with Gasteiger partial charge in [0.1, 0.15) is 0 Å². The fourth-order valence-electron chi connectivity index (χ4n) is 3.55. The molecule has 0 bridgehead atoms. The number of alkyl halides is 2. The van der Waals surface area contributed by atoms with Gasteiger partial charge in [-0.1, -0.05) is 29.8 Å². The molecule has 2 heterocycles. The lowest BCUT2D eigenvalue weighted by Crippen LogP contribution is -2.43. The van der Waals surface area contributed by atoms with Crippen molar-refractivity contribution in [3.63, 3.8) is 0 Å². The Hall–Kier alpha value is -2.47. The number of rotatable bonds is 3. The molecule has 0 aliphatic heterocycles. The largest absolute Gasteiger partial charge is 0.351 e. The van der Waals surface area contributed by atoms with Crippen molar-refractivity contribution in [1.29, 1.82) is 0 Å². The molecule has 0 atom stereocenters. The van der Waals surface area contributed by atoms with Crippen LogP contribution in [0, 0.1) is 0 Å². The number of nitrogens with zero attached hydrogens (tertiary/aromatic N) is 1. The fraction of sp³-hybridized carbons (Fsp3) is 0.300. The summed E-state index contributed by atoms with van der Waals surface area (Å²) in [4.78, 5) is 16.0. The highest BCUT2D eigenvalue weighted by atomic mass is 35.5. The Bertz CT molecular complexity index is 992. The zero-order valence-electron chi connectivity index (χ0n) is 14.5. The van der Waals surface area contributed by atoms with Crippen LogP contribution in [-0.2, 0) is 0 Å². The summed E-state index contributed by atoms with van der Waals surface area (Å²) in [5, 5.41) is 3.49. The number of aromatic nitrogens is 2. The summed E-state index contributed by atoms with van der Waals surface area (Å²) in [6, 6.07) is 12.8. The highest BCUT2D eigenvalue weighted by molar-refractivity contribution is 6.30. The second kappa shape index (κ2) is 6.93. The van der Waals surface area contributed by atoms with Gasteiger partial charge in [-0.15, -0.1) is 0 Å². The second-order valence-corrected chi connectivity index (χ2v) is 7.35. The van der Waals surface area contributed by atoms with Crippen molar-refractivity contribution in [2.45, 2.75) is 37.6 Å². The Balaban J connectivity index is 1.65. The topological polar surface area (TPSA) is 49.0 Å². The van der Waals surface area contributed by atoms with Crippen LogP contribution in [-0.4, -0.2) is 22.9 Å². The van der Waals surface area contributed by atoms with E-state index in [2.05, 4.69) is 10.3 Å². The summed E-state index contributed by atoms with van der Waals surface area (Å²) in [6.07, 6.45) is 1.98. The van der Waals surface area contributed by atoms with Crippen molar-refractivity contribution in [1.82, 2.24) is 10.3 Å². The van der Waals surface area contributed by atoms with Gasteiger partial charge in [-0.3, -0.25) is 4.79 Å². The molecule has 4 nitrogen and oxygen atoms in total. The summed E-state index contributed by atoms with van der Waals surface area (Å²) in [6.45, 7) is 0. The molecule has 1 fully saturated rings. The smallest absolute Gasteiger partial charge is 0.343 e. The van der Waals surface area contributed by atoms with Crippen molar-refractivity contribution in [2.24, 2.45) is 0 Å². The number of imidazole rings is 1. The molecule has 1 saturated carbocycles. The SMILES string of the molecule is O=C(NC1CCC(F)(F)CC1)c1[nH]c(-c2cccc(Cl)c2)c2cccc[n+]12. The minimum absolute atomic E-state index is 0.190. The number of H-pyrrole nitrogens is 1. The molecule has 1 amide bonds. The third-order valence-electron chi connectivity index (χ3n) is 4.98. The third kappa shape index (κ3) is 3.67. The van der Waals surface area contributed by atoms with Gasteiger partial charge in [-0.25, -0.2) is 13.8 Å². The van der Waals surface area contributed by atoms with E-state index in [1.54, 1.807) is 16.7 Å². The first-order chi connectivity index (χ1) is 12.9. The number of pyridine rings is 1. The quantitative estimate of drug-likeness (QED) is 0.640. The fourth-order valence-corrected chi connectivity index (χ4v) is 3.74. The number of hydrogen-bond donors (Lipinski definition) is 2. The highest BCUT2D eigenvalue weighted by Crippen LogP contribution is 2.33. The van der Waals surface area contributed by atoms with Crippen LogP contribution in [0.1, 0.15) is 36.3 Å². The van der Waals surface area contributed by atoms with E-state index >= 15 is 0 Å². The van der Waals surface area contributed by atoms with E-state index in [1.807, 2.05) is 36.4 Å². The molecular weight excluding hydrogens is 372 g/mol. The lowest BCUT2D eigenvalue weighted by atomic mass is 9.92. The molecule has 1 aliphatic rings. The Morgan fingerprint density at radius 3 is 2.70 bits per heavy atom. The van der Waals surface area contributed by atoms with Crippen LogP contribution >= 0.6 is 11.6 Å². The predicted octanol–water partition coefficient (Wildman–Crippen LogP) is 4.38. The van der Waals surface area contributed by atoms with Crippen LogP contribution in [0.3, 0.4) is 0 Å². The molecule has 4 rings (SSSR count). The molecule has 1 aromatic carbocycles. The molecule has 140 valence electrons. The summed E-state index contributed by atoms with van der Waals surface area (Å²) >= 11 is 6.11. The molecule has 2 aromatic heterocycles. The molecule has 7 heteroatoms. The van der Waals surface area contributed by atoms with E-state index in [0.717, 1.165) is 16.8 Å². The first-order valence-corrected chi connectivity index (χ1v) is 9.28. The van der Waals surface area contributed by atoms with Gasteiger partial charge in [0.2, 0.25) is 5.92 Å². The van der Waals surface area contributed by atoms with Crippen molar-refractivity contribution in [2.75, 3.05) is 0 Å². The Morgan fingerprint density at radius 1 is 1.19 bits per heavy atom. The second-order valence-electron chi connectivity index (χ2n) is 6.92. The number of nitrogens with one attached hydrogen (secondary N) is 2. The van der Waals surface area contributed by atoms with E-state index in [1.165, 1.54) is 0 Å². The van der Waals surface area contributed by atoms with E-state index in [9.17, 15) is 13.6 Å². The minimum Gasteiger partial charge on any atom is -0.343 e.